The minimum absolute atomic E-state index is 0.134. The molecule has 2 atom stereocenters. The van der Waals surface area contributed by atoms with Crippen LogP contribution in [0.2, 0.25) is 0 Å². The van der Waals surface area contributed by atoms with Crippen molar-refractivity contribution in [1.82, 2.24) is 30.8 Å². The van der Waals surface area contributed by atoms with E-state index in [0.29, 0.717) is 0 Å². The van der Waals surface area contributed by atoms with Crippen molar-refractivity contribution in [1.29, 1.82) is 0 Å². The molecule has 0 saturated carbocycles. The molecular formula is C8H10N6O4. The molecule has 96 valence electrons. The fourth-order valence-electron chi connectivity index (χ4n) is 1.47. The van der Waals surface area contributed by atoms with E-state index < -0.39 is 29.9 Å². The maximum absolute atomic E-state index is 11.6. The molecular weight excluding hydrogens is 244 g/mol. The summed E-state index contributed by atoms with van der Waals surface area (Å²) in [5.74, 6) is -1.52. The van der Waals surface area contributed by atoms with Gasteiger partial charge in [-0.2, -0.15) is 0 Å². The van der Waals surface area contributed by atoms with Crippen LogP contribution in [0.15, 0.2) is 6.33 Å². The molecule has 1 aliphatic heterocycles. The van der Waals surface area contributed by atoms with Crippen LogP contribution in [0.3, 0.4) is 0 Å². The van der Waals surface area contributed by atoms with Gasteiger partial charge in [-0.15, -0.1) is 5.10 Å². The maximum Gasteiger partial charge on any atom is 0.331 e. The molecule has 1 aromatic rings. The Morgan fingerprint density at radius 1 is 1.61 bits per heavy atom. The van der Waals surface area contributed by atoms with Gasteiger partial charge in [0, 0.05) is 0 Å². The van der Waals surface area contributed by atoms with Crippen LogP contribution in [0.25, 0.3) is 0 Å². The van der Waals surface area contributed by atoms with Crippen molar-refractivity contribution in [2.75, 3.05) is 7.11 Å². The number of carbonyl (C=O) groups is 3. The Labute approximate surface area is 101 Å². The second-order valence-corrected chi connectivity index (χ2v) is 3.56. The summed E-state index contributed by atoms with van der Waals surface area (Å²) in [5.41, 5.74) is 0. The molecule has 0 unspecified atom stereocenters. The average molecular weight is 254 g/mol. The quantitative estimate of drug-likeness (QED) is 0.428. The number of rotatable bonds is 4. The number of nitrogens with one attached hydrogen (secondary N) is 2. The number of β-lactam (4-membered cyclic amide) rings is 1. The number of hydrogen-bond acceptors (Lipinski definition) is 7. The van der Waals surface area contributed by atoms with Crippen LogP contribution in [0, 0.1) is 0 Å². The standard InChI is InChI=1S/C8H10N6O4/c1-18-8(17)6-5(7(16)11-6)10-4(15)2-14-3-9-12-13-14/h3,5-6H,2H2,1H3,(H,10,15)(H,11,16)/t5-,6-/m0/s1. The number of carbonyl (C=O) groups excluding carboxylic acids is 3. The van der Waals surface area contributed by atoms with Crippen molar-refractivity contribution in [2.45, 2.75) is 18.6 Å². The first-order chi connectivity index (χ1) is 8.61. The molecule has 2 amide bonds. The number of aromatic nitrogens is 4. The SMILES string of the molecule is COC(=O)[C@H]1NC(=O)[C@H]1NC(=O)Cn1cnnn1. The van der Waals surface area contributed by atoms with Gasteiger partial charge in [-0.25, -0.2) is 9.48 Å². The molecule has 2 N–H and O–H groups in total. The topological polar surface area (TPSA) is 128 Å². The Balaban J connectivity index is 1.90. The number of nitrogens with zero attached hydrogens (tertiary/aromatic N) is 4. The van der Waals surface area contributed by atoms with E-state index in [1.54, 1.807) is 0 Å². The van der Waals surface area contributed by atoms with Crippen LogP contribution < -0.4 is 10.6 Å². The van der Waals surface area contributed by atoms with Gasteiger partial charge in [-0.05, 0) is 10.4 Å². The van der Waals surface area contributed by atoms with Gasteiger partial charge in [0.15, 0.2) is 6.04 Å². The molecule has 10 heteroatoms. The summed E-state index contributed by atoms with van der Waals surface area (Å²) in [4.78, 5) is 34.0. The van der Waals surface area contributed by atoms with Crippen molar-refractivity contribution < 1.29 is 19.1 Å². The predicted octanol–water partition coefficient (Wildman–Crippen LogP) is -3.17. The van der Waals surface area contributed by atoms with Crippen LogP contribution in [0.1, 0.15) is 0 Å². The monoisotopic (exact) mass is 254 g/mol. The number of hydrogen-bond donors (Lipinski definition) is 2. The Bertz CT molecular complexity index is 472. The van der Waals surface area contributed by atoms with E-state index in [1.165, 1.54) is 18.1 Å². The van der Waals surface area contributed by atoms with Gasteiger partial charge in [0.2, 0.25) is 11.8 Å². The first-order valence-corrected chi connectivity index (χ1v) is 5.00. The minimum Gasteiger partial charge on any atom is -0.467 e. The van der Waals surface area contributed by atoms with E-state index in [-0.39, 0.29) is 6.54 Å². The lowest BCUT2D eigenvalue weighted by Crippen LogP contribution is -2.72. The van der Waals surface area contributed by atoms with Crippen LogP contribution in [0.5, 0.6) is 0 Å². The van der Waals surface area contributed by atoms with E-state index in [2.05, 4.69) is 30.9 Å². The molecule has 0 bridgehead atoms. The Morgan fingerprint density at radius 3 is 2.94 bits per heavy atom. The van der Waals surface area contributed by atoms with E-state index in [9.17, 15) is 14.4 Å². The highest BCUT2D eigenvalue weighted by Gasteiger charge is 2.45. The number of amides is 2. The van der Waals surface area contributed by atoms with E-state index in [1.807, 2.05) is 0 Å². The molecule has 0 aromatic carbocycles. The fourth-order valence-corrected chi connectivity index (χ4v) is 1.47. The normalized spacial score (nSPS) is 21.7. The zero-order valence-electron chi connectivity index (χ0n) is 9.36. The maximum atomic E-state index is 11.6. The van der Waals surface area contributed by atoms with Crippen LogP contribution >= 0.6 is 0 Å². The van der Waals surface area contributed by atoms with Crippen molar-refractivity contribution in [3.63, 3.8) is 0 Å². The smallest absolute Gasteiger partial charge is 0.331 e. The highest BCUT2D eigenvalue weighted by molar-refractivity contribution is 6.01. The highest BCUT2D eigenvalue weighted by atomic mass is 16.5. The zero-order chi connectivity index (χ0) is 13.1. The molecule has 2 rings (SSSR count). The lowest BCUT2D eigenvalue weighted by atomic mass is 9.99. The third kappa shape index (κ3) is 2.26. The summed E-state index contributed by atoms with van der Waals surface area (Å²) < 4.78 is 5.67. The Morgan fingerprint density at radius 2 is 2.39 bits per heavy atom. The van der Waals surface area contributed by atoms with Crippen LogP contribution in [0.4, 0.5) is 0 Å². The molecule has 18 heavy (non-hydrogen) atoms. The summed E-state index contributed by atoms with van der Waals surface area (Å²) in [6.45, 7) is -0.134. The largest absolute Gasteiger partial charge is 0.467 e. The Kier molecular flexibility index (Phi) is 3.17. The average Bonchev–Trinajstić information content (AvgIpc) is 2.85. The summed E-state index contributed by atoms with van der Waals surface area (Å²) >= 11 is 0. The number of ether oxygens (including phenoxy) is 1. The first-order valence-electron chi connectivity index (χ1n) is 5.00. The van der Waals surface area contributed by atoms with Gasteiger partial charge in [-0.3, -0.25) is 9.59 Å². The number of tetrazole rings is 1. The second-order valence-electron chi connectivity index (χ2n) is 3.56. The highest BCUT2D eigenvalue weighted by Crippen LogP contribution is 2.07. The van der Waals surface area contributed by atoms with Gasteiger partial charge in [-0.1, -0.05) is 0 Å². The number of methoxy groups -OCH3 is 1. The van der Waals surface area contributed by atoms with Crippen LogP contribution in [-0.4, -0.2) is 57.2 Å². The number of esters is 1. The lowest BCUT2D eigenvalue weighted by Gasteiger charge is -2.34. The van der Waals surface area contributed by atoms with Gasteiger partial charge < -0.3 is 15.4 Å². The third-order valence-corrected chi connectivity index (χ3v) is 2.38. The van der Waals surface area contributed by atoms with Gasteiger partial charge >= 0.3 is 5.97 Å². The Hall–Kier alpha value is -2.52. The van der Waals surface area contributed by atoms with Gasteiger partial charge in [0.1, 0.15) is 18.9 Å². The summed E-state index contributed by atoms with van der Waals surface area (Å²) in [5, 5.41) is 15.0. The van der Waals surface area contributed by atoms with E-state index >= 15 is 0 Å². The molecule has 10 nitrogen and oxygen atoms in total. The van der Waals surface area contributed by atoms with Gasteiger partial charge in [0.05, 0.1) is 7.11 Å². The minimum atomic E-state index is -0.915. The van der Waals surface area contributed by atoms with Crippen molar-refractivity contribution in [3.8, 4) is 0 Å². The van der Waals surface area contributed by atoms with E-state index in [0.717, 1.165) is 0 Å². The summed E-state index contributed by atoms with van der Waals surface area (Å²) in [7, 11) is 1.20. The van der Waals surface area contributed by atoms with Crippen molar-refractivity contribution in [3.05, 3.63) is 6.33 Å². The third-order valence-electron chi connectivity index (χ3n) is 2.38. The molecule has 1 saturated heterocycles. The summed E-state index contributed by atoms with van der Waals surface area (Å²) in [6.07, 6.45) is 1.26. The molecule has 1 fully saturated rings. The van der Waals surface area contributed by atoms with E-state index in [4.69, 9.17) is 0 Å². The fraction of sp³-hybridized carbons (Fsp3) is 0.500. The van der Waals surface area contributed by atoms with Crippen molar-refractivity contribution >= 4 is 17.8 Å². The molecule has 0 aliphatic carbocycles. The molecule has 1 aliphatic rings. The molecule has 0 spiro atoms. The van der Waals surface area contributed by atoms with Crippen molar-refractivity contribution in [2.24, 2.45) is 0 Å². The zero-order valence-corrected chi connectivity index (χ0v) is 9.36. The second kappa shape index (κ2) is 4.77. The first kappa shape index (κ1) is 12.0. The predicted molar refractivity (Wildman–Crippen MR) is 53.7 cm³/mol. The molecule has 2 heterocycles. The molecule has 1 aromatic heterocycles. The molecule has 0 radical (unpaired) electrons. The van der Waals surface area contributed by atoms with Gasteiger partial charge in [0.25, 0.3) is 0 Å². The van der Waals surface area contributed by atoms with Crippen LogP contribution in [-0.2, 0) is 25.7 Å². The lowest BCUT2D eigenvalue weighted by molar-refractivity contribution is -0.154. The summed E-state index contributed by atoms with van der Waals surface area (Å²) in [6, 6.07) is -1.76.